The zero-order valence-corrected chi connectivity index (χ0v) is 17.6. The molecule has 1 aliphatic rings. The molecule has 0 bridgehead atoms. The van der Waals surface area contributed by atoms with Gasteiger partial charge in [0.25, 0.3) is 5.91 Å². The van der Waals surface area contributed by atoms with Crippen molar-refractivity contribution in [2.45, 2.75) is 6.92 Å². The summed E-state index contributed by atoms with van der Waals surface area (Å²) in [5.41, 5.74) is 1.67. The van der Waals surface area contributed by atoms with E-state index in [2.05, 4.69) is 27.0 Å². The number of rotatable bonds is 4. The van der Waals surface area contributed by atoms with Crippen molar-refractivity contribution in [1.82, 2.24) is 9.88 Å². The van der Waals surface area contributed by atoms with Crippen molar-refractivity contribution >= 4 is 63.7 Å². The van der Waals surface area contributed by atoms with Crippen LogP contribution in [0.15, 0.2) is 24.3 Å². The van der Waals surface area contributed by atoms with E-state index in [-0.39, 0.29) is 25.9 Å². The van der Waals surface area contributed by atoms with Gasteiger partial charge in [0.15, 0.2) is 0 Å². The van der Waals surface area contributed by atoms with Crippen molar-refractivity contribution in [2.24, 2.45) is 0 Å². The Kier molecular flexibility index (Phi) is 6.71. The van der Waals surface area contributed by atoms with Gasteiger partial charge in [-0.1, -0.05) is 53.3 Å². The molecule has 27 heavy (non-hydrogen) atoms. The van der Waals surface area contributed by atoms with E-state index in [0.29, 0.717) is 5.69 Å². The maximum absolute atomic E-state index is 12.5. The highest BCUT2D eigenvalue weighted by Gasteiger charge is 2.21. The molecule has 9 heteroatoms. The van der Waals surface area contributed by atoms with Gasteiger partial charge in [-0.05, 0) is 30.8 Å². The number of anilines is 2. The van der Waals surface area contributed by atoms with Gasteiger partial charge in [0, 0.05) is 37.6 Å². The van der Waals surface area contributed by atoms with Crippen molar-refractivity contribution in [3.8, 4) is 0 Å². The maximum Gasteiger partial charge on any atom is 0.275 e. The minimum Gasteiger partial charge on any atom is -0.369 e. The summed E-state index contributed by atoms with van der Waals surface area (Å²) in [5.74, 6) is -0.509. The first-order valence-corrected chi connectivity index (χ1v) is 10.0. The molecule has 0 atom stereocenters. The number of carbonyl (C=O) groups is 1. The van der Waals surface area contributed by atoms with E-state index in [1.165, 1.54) is 0 Å². The lowest BCUT2D eigenvalue weighted by Crippen LogP contribution is -2.46. The molecule has 1 aliphatic heterocycles. The van der Waals surface area contributed by atoms with Crippen LogP contribution in [0.1, 0.15) is 17.4 Å². The van der Waals surface area contributed by atoms with Gasteiger partial charge < -0.3 is 15.1 Å². The second-order valence-electron chi connectivity index (χ2n) is 6.12. The lowest BCUT2D eigenvalue weighted by molar-refractivity contribution is 0.102. The summed E-state index contributed by atoms with van der Waals surface area (Å²) in [6.45, 7) is 7.33. The van der Waals surface area contributed by atoms with Crippen LogP contribution >= 0.6 is 46.4 Å². The summed E-state index contributed by atoms with van der Waals surface area (Å²) in [6.07, 6.45) is 0. The minimum absolute atomic E-state index is 0.00468. The average molecular weight is 448 g/mol. The van der Waals surface area contributed by atoms with Gasteiger partial charge in [0.05, 0.1) is 15.1 Å². The Hall–Kier alpha value is -1.24. The summed E-state index contributed by atoms with van der Waals surface area (Å²) in [5, 5.41) is 2.67. The Morgan fingerprint density at radius 1 is 1.00 bits per heavy atom. The molecule has 0 aliphatic carbocycles. The van der Waals surface area contributed by atoms with Crippen LogP contribution in [0.5, 0.6) is 0 Å². The number of carbonyl (C=O) groups excluding carboxylic acids is 1. The van der Waals surface area contributed by atoms with Gasteiger partial charge in [-0.15, -0.1) is 0 Å². The van der Waals surface area contributed by atoms with E-state index >= 15 is 0 Å². The van der Waals surface area contributed by atoms with Gasteiger partial charge in [0.2, 0.25) is 0 Å². The van der Waals surface area contributed by atoms with E-state index < -0.39 is 5.91 Å². The van der Waals surface area contributed by atoms with E-state index in [9.17, 15) is 4.79 Å². The molecular formula is C18H18Cl4N4O. The monoisotopic (exact) mass is 446 g/mol. The van der Waals surface area contributed by atoms with Crippen molar-refractivity contribution in [3.05, 3.63) is 50.2 Å². The predicted molar refractivity (Wildman–Crippen MR) is 113 cm³/mol. The molecule has 1 aromatic heterocycles. The lowest BCUT2D eigenvalue weighted by Gasteiger charge is -2.35. The quantitative estimate of drug-likeness (QED) is 0.663. The fourth-order valence-corrected chi connectivity index (χ4v) is 3.72. The predicted octanol–water partition coefficient (Wildman–Crippen LogP) is 5.09. The zero-order valence-electron chi connectivity index (χ0n) is 14.6. The molecule has 1 saturated heterocycles. The molecule has 0 unspecified atom stereocenters. The van der Waals surface area contributed by atoms with E-state index in [1.54, 1.807) is 0 Å². The number of nitrogens with zero attached hydrogens (tertiary/aromatic N) is 3. The second-order valence-corrected chi connectivity index (χ2v) is 7.61. The van der Waals surface area contributed by atoms with Crippen LogP contribution in [-0.2, 0) is 0 Å². The largest absolute Gasteiger partial charge is 0.369 e. The molecule has 2 aromatic rings. The topological polar surface area (TPSA) is 48.5 Å². The Balaban J connectivity index is 1.69. The van der Waals surface area contributed by atoms with Crippen LogP contribution in [0.2, 0.25) is 20.2 Å². The van der Waals surface area contributed by atoms with Gasteiger partial charge in [-0.2, -0.15) is 0 Å². The number of benzene rings is 1. The molecular weight excluding hydrogens is 430 g/mol. The average Bonchev–Trinajstić information content (AvgIpc) is 2.69. The molecule has 0 radical (unpaired) electrons. The molecule has 0 spiro atoms. The summed E-state index contributed by atoms with van der Waals surface area (Å²) in [7, 11) is 0. The number of likely N-dealkylation sites (N-methyl/N-ethyl adjacent to an activating group) is 1. The van der Waals surface area contributed by atoms with Crippen LogP contribution in [0, 0.1) is 0 Å². The zero-order chi connectivity index (χ0) is 19.6. The van der Waals surface area contributed by atoms with Crippen molar-refractivity contribution < 1.29 is 4.79 Å². The van der Waals surface area contributed by atoms with E-state index in [4.69, 9.17) is 46.4 Å². The van der Waals surface area contributed by atoms with E-state index in [1.807, 2.05) is 24.3 Å². The SMILES string of the molecule is CCN1CCN(c2ccc(NC(=O)c3nc(Cl)c(Cl)c(Cl)c3Cl)cc2)CC1. The molecule has 1 fully saturated rings. The standard InChI is InChI=1S/C18H18Cl4N4O/c1-2-25-7-9-26(10-8-25)12-5-3-11(4-6-12)23-18(27)16-14(20)13(19)15(21)17(22)24-16/h3-6H,2,7-10H2,1H3,(H,23,27). The highest BCUT2D eigenvalue weighted by Crippen LogP contribution is 2.36. The van der Waals surface area contributed by atoms with Crippen LogP contribution in [-0.4, -0.2) is 48.5 Å². The Labute approximate surface area is 178 Å². The number of hydrogen-bond acceptors (Lipinski definition) is 4. The maximum atomic E-state index is 12.5. The Morgan fingerprint density at radius 2 is 1.63 bits per heavy atom. The molecule has 0 saturated carbocycles. The third-order valence-corrected chi connectivity index (χ3v) is 6.19. The van der Waals surface area contributed by atoms with Crippen molar-refractivity contribution in [3.63, 3.8) is 0 Å². The van der Waals surface area contributed by atoms with Crippen molar-refractivity contribution in [2.75, 3.05) is 42.9 Å². The van der Waals surface area contributed by atoms with Crippen molar-refractivity contribution in [1.29, 1.82) is 0 Å². The first-order valence-electron chi connectivity index (χ1n) is 8.49. The summed E-state index contributed by atoms with van der Waals surface area (Å²) in [4.78, 5) is 21.1. The molecule has 5 nitrogen and oxygen atoms in total. The molecule has 1 aromatic carbocycles. The summed E-state index contributed by atoms with van der Waals surface area (Å²) < 4.78 is 0. The summed E-state index contributed by atoms with van der Waals surface area (Å²) in [6, 6.07) is 7.64. The lowest BCUT2D eigenvalue weighted by atomic mass is 10.2. The number of pyridine rings is 1. The first-order chi connectivity index (χ1) is 12.9. The highest BCUT2D eigenvalue weighted by atomic mass is 35.5. The van der Waals surface area contributed by atoms with Crippen LogP contribution < -0.4 is 10.2 Å². The third-order valence-electron chi connectivity index (χ3n) is 4.51. The highest BCUT2D eigenvalue weighted by molar-refractivity contribution is 6.52. The number of amides is 1. The smallest absolute Gasteiger partial charge is 0.275 e. The van der Waals surface area contributed by atoms with Crippen LogP contribution in [0.25, 0.3) is 0 Å². The number of nitrogens with one attached hydrogen (secondary N) is 1. The fourth-order valence-electron chi connectivity index (χ4n) is 2.91. The Morgan fingerprint density at radius 3 is 2.22 bits per heavy atom. The first kappa shape index (κ1) is 20.5. The van der Waals surface area contributed by atoms with Gasteiger partial charge in [-0.25, -0.2) is 4.98 Å². The Bertz CT molecular complexity index is 836. The molecule has 1 amide bonds. The molecule has 1 N–H and O–H groups in total. The molecule has 144 valence electrons. The number of piperazine rings is 1. The number of hydrogen-bond donors (Lipinski definition) is 1. The summed E-state index contributed by atoms with van der Waals surface area (Å²) >= 11 is 23.8. The van der Waals surface area contributed by atoms with Crippen LogP contribution in [0.4, 0.5) is 11.4 Å². The molecule has 2 heterocycles. The minimum atomic E-state index is -0.509. The van der Waals surface area contributed by atoms with Gasteiger partial charge >= 0.3 is 0 Å². The fraction of sp³-hybridized carbons (Fsp3) is 0.333. The number of aromatic nitrogens is 1. The van der Waals surface area contributed by atoms with Crippen LogP contribution in [0.3, 0.4) is 0 Å². The normalized spacial score (nSPS) is 15.1. The molecule has 3 rings (SSSR count). The van der Waals surface area contributed by atoms with Gasteiger partial charge in [-0.3, -0.25) is 4.79 Å². The third kappa shape index (κ3) is 4.61. The van der Waals surface area contributed by atoms with E-state index in [0.717, 1.165) is 38.4 Å². The van der Waals surface area contributed by atoms with Gasteiger partial charge in [0.1, 0.15) is 10.8 Å². The number of halogens is 4. The second kappa shape index (κ2) is 8.84.